The molecule has 1 heterocycles. The van der Waals surface area contributed by atoms with Gasteiger partial charge in [0.05, 0.1) is 22.7 Å². The summed E-state index contributed by atoms with van der Waals surface area (Å²) in [6, 6.07) is 4.14. The van der Waals surface area contributed by atoms with Gasteiger partial charge in [-0.05, 0) is 24.1 Å². The Morgan fingerprint density at radius 2 is 2.22 bits per heavy atom. The van der Waals surface area contributed by atoms with Crippen molar-refractivity contribution in [3.05, 3.63) is 52.6 Å². The summed E-state index contributed by atoms with van der Waals surface area (Å²) in [5, 5.41) is 6.38. The molecule has 1 atom stereocenters. The number of carbonyl (C=O) groups is 2. The van der Waals surface area contributed by atoms with Crippen LogP contribution in [0.2, 0.25) is 5.02 Å². The first kappa shape index (κ1) is 17.0. The van der Waals surface area contributed by atoms with Crippen molar-refractivity contribution in [2.24, 2.45) is 18.7 Å². The van der Waals surface area contributed by atoms with Crippen LogP contribution in [0.1, 0.15) is 15.9 Å². The van der Waals surface area contributed by atoms with Crippen LogP contribution in [0.25, 0.3) is 0 Å². The van der Waals surface area contributed by atoms with Gasteiger partial charge < -0.3 is 11.1 Å². The number of amides is 2. The van der Waals surface area contributed by atoms with E-state index in [0.29, 0.717) is 6.42 Å². The molecule has 0 aliphatic carbocycles. The lowest BCUT2D eigenvalue weighted by molar-refractivity contribution is -0.121. The summed E-state index contributed by atoms with van der Waals surface area (Å²) in [6.07, 6.45) is 3.71. The van der Waals surface area contributed by atoms with Gasteiger partial charge in [-0.3, -0.25) is 14.3 Å². The Morgan fingerprint density at radius 1 is 1.48 bits per heavy atom. The highest BCUT2D eigenvalue weighted by molar-refractivity contribution is 6.31. The number of nitrogens with two attached hydrogens (primary N) is 1. The molecule has 23 heavy (non-hydrogen) atoms. The van der Waals surface area contributed by atoms with E-state index >= 15 is 0 Å². The fraction of sp³-hybridized carbons (Fsp3) is 0.267. The summed E-state index contributed by atoms with van der Waals surface area (Å²) in [5.74, 6) is -2.62. The van der Waals surface area contributed by atoms with Gasteiger partial charge in [-0.1, -0.05) is 17.7 Å². The zero-order valence-corrected chi connectivity index (χ0v) is 13.2. The Hall–Kier alpha value is -2.41. The molecule has 0 radical (unpaired) electrons. The number of carbonyl (C=O) groups excluding carboxylic acids is 2. The molecule has 0 spiro atoms. The molecule has 1 unspecified atom stereocenters. The molecule has 0 aliphatic heterocycles. The first-order valence-electron chi connectivity index (χ1n) is 6.87. The van der Waals surface area contributed by atoms with Crippen LogP contribution in [0.15, 0.2) is 30.6 Å². The third kappa shape index (κ3) is 4.29. The molecular weight excluding hydrogens is 323 g/mol. The Morgan fingerprint density at radius 3 is 2.83 bits per heavy atom. The maximum atomic E-state index is 13.8. The first-order valence-corrected chi connectivity index (χ1v) is 7.25. The molecule has 122 valence electrons. The number of aromatic nitrogens is 2. The monoisotopic (exact) mass is 338 g/mol. The van der Waals surface area contributed by atoms with Gasteiger partial charge in [-0.2, -0.15) is 5.10 Å². The van der Waals surface area contributed by atoms with Crippen LogP contribution < -0.4 is 11.1 Å². The average molecular weight is 339 g/mol. The Bertz CT molecular complexity index is 732. The molecule has 1 aromatic heterocycles. The van der Waals surface area contributed by atoms with Gasteiger partial charge in [0.15, 0.2) is 5.82 Å². The zero-order chi connectivity index (χ0) is 17.0. The van der Waals surface area contributed by atoms with E-state index in [1.165, 1.54) is 18.2 Å². The Balaban J connectivity index is 2.02. The maximum absolute atomic E-state index is 13.8. The van der Waals surface area contributed by atoms with Crippen molar-refractivity contribution in [1.82, 2.24) is 15.1 Å². The van der Waals surface area contributed by atoms with Crippen molar-refractivity contribution in [1.29, 1.82) is 0 Å². The second kappa shape index (κ2) is 7.23. The highest BCUT2D eigenvalue weighted by Gasteiger charge is 2.20. The van der Waals surface area contributed by atoms with E-state index in [9.17, 15) is 14.0 Å². The van der Waals surface area contributed by atoms with Crippen molar-refractivity contribution in [2.75, 3.05) is 6.54 Å². The number of halogens is 2. The lowest BCUT2D eigenvalue weighted by Gasteiger charge is -2.14. The van der Waals surface area contributed by atoms with Crippen LogP contribution >= 0.6 is 11.6 Å². The first-order chi connectivity index (χ1) is 10.9. The van der Waals surface area contributed by atoms with Gasteiger partial charge >= 0.3 is 0 Å². The summed E-state index contributed by atoms with van der Waals surface area (Å²) in [4.78, 5) is 23.6. The molecule has 2 amide bonds. The molecule has 0 saturated carbocycles. The van der Waals surface area contributed by atoms with Crippen molar-refractivity contribution in [3.8, 4) is 0 Å². The average Bonchev–Trinajstić information content (AvgIpc) is 2.91. The van der Waals surface area contributed by atoms with Crippen LogP contribution in [0.4, 0.5) is 4.39 Å². The Labute approximate surface area is 137 Å². The second-order valence-electron chi connectivity index (χ2n) is 5.14. The van der Waals surface area contributed by atoms with Crippen molar-refractivity contribution >= 4 is 23.4 Å². The topological polar surface area (TPSA) is 90.0 Å². The van der Waals surface area contributed by atoms with Crippen LogP contribution in [-0.2, 0) is 18.3 Å². The highest BCUT2D eigenvalue weighted by Crippen LogP contribution is 2.17. The van der Waals surface area contributed by atoms with Gasteiger partial charge in [0.2, 0.25) is 5.91 Å². The quantitative estimate of drug-likeness (QED) is 0.831. The summed E-state index contributed by atoms with van der Waals surface area (Å²) in [7, 11) is 1.76. The van der Waals surface area contributed by atoms with Gasteiger partial charge in [-0.25, -0.2) is 4.39 Å². The van der Waals surface area contributed by atoms with Gasteiger partial charge in [0.25, 0.3) is 5.91 Å². The molecule has 0 fully saturated rings. The molecule has 0 bridgehead atoms. The van der Waals surface area contributed by atoms with Gasteiger partial charge in [0, 0.05) is 19.8 Å². The predicted octanol–water partition coefficient (Wildman–Crippen LogP) is 1.29. The number of nitrogens with one attached hydrogen (secondary N) is 1. The normalized spacial score (nSPS) is 12.0. The van der Waals surface area contributed by atoms with Crippen LogP contribution in [0.3, 0.4) is 0 Å². The molecule has 3 N–H and O–H groups in total. The number of nitrogens with zero attached hydrogens (tertiary/aromatic N) is 2. The highest BCUT2D eigenvalue weighted by atomic mass is 35.5. The van der Waals surface area contributed by atoms with E-state index in [0.717, 1.165) is 5.56 Å². The number of hydrogen-bond donors (Lipinski definition) is 2. The number of benzene rings is 1. The van der Waals surface area contributed by atoms with Crippen molar-refractivity contribution in [3.63, 3.8) is 0 Å². The Kier molecular flexibility index (Phi) is 5.33. The van der Waals surface area contributed by atoms with Crippen LogP contribution in [0.5, 0.6) is 0 Å². The third-order valence-corrected chi connectivity index (χ3v) is 3.64. The summed E-state index contributed by atoms with van der Waals surface area (Å²) >= 11 is 5.64. The van der Waals surface area contributed by atoms with Crippen LogP contribution in [-0.4, -0.2) is 28.1 Å². The minimum atomic E-state index is -0.797. The zero-order valence-electron chi connectivity index (χ0n) is 12.4. The fourth-order valence-corrected chi connectivity index (χ4v) is 2.30. The summed E-state index contributed by atoms with van der Waals surface area (Å²) in [5.41, 5.74) is 6.00. The lowest BCUT2D eigenvalue weighted by atomic mass is 10.0. The maximum Gasteiger partial charge on any atom is 0.254 e. The standard InChI is InChI=1S/C15H16ClFN4O2/c1-21-8-9(6-20-21)5-10(14(18)22)7-19-15(23)11-3-2-4-12(16)13(11)17/h2-4,6,8,10H,5,7H2,1H3,(H2,18,22)(H,19,23). The molecule has 1 aromatic carbocycles. The molecular formula is C15H16ClFN4O2. The molecule has 0 saturated heterocycles. The number of primary amides is 1. The van der Waals surface area contributed by atoms with Crippen molar-refractivity contribution in [2.45, 2.75) is 6.42 Å². The lowest BCUT2D eigenvalue weighted by Crippen LogP contribution is -2.37. The van der Waals surface area contributed by atoms with E-state index in [2.05, 4.69) is 10.4 Å². The van der Waals surface area contributed by atoms with E-state index < -0.39 is 23.5 Å². The fourth-order valence-electron chi connectivity index (χ4n) is 2.13. The number of hydrogen-bond acceptors (Lipinski definition) is 3. The molecule has 0 aliphatic rings. The molecule has 2 rings (SSSR count). The molecule has 8 heteroatoms. The summed E-state index contributed by atoms with van der Waals surface area (Å²) in [6.45, 7) is -0.00495. The van der Waals surface area contributed by atoms with E-state index in [1.807, 2.05) is 0 Å². The number of rotatable bonds is 6. The second-order valence-corrected chi connectivity index (χ2v) is 5.54. The van der Waals surface area contributed by atoms with Gasteiger partial charge in [0.1, 0.15) is 0 Å². The minimum absolute atomic E-state index is 0.00495. The minimum Gasteiger partial charge on any atom is -0.369 e. The molecule has 6 nitrogen and oxygen atoms in total. The SMILES string of the molecule is Cn1cc(CC(CNC(=O)c2cccc(Cl)c2F)C(N)=O)cn1. The summed E-state index contributed by atoms with van der Waals surface area (Å²) < 4.78 is 15.4. The van der Waals surface area contributed by atoms with E-state index in [1.54, 1.807) is 24.1 Å². The third-order valence-electron chi connectivity index (χ3n) is 3.35. The number of aryl methyl sites for hydroxylation is 1. The van der Waals surface area contributed by atoms with E-state index in [4.69, 9.17) is 17.3 Å². The smallest absolute Gasteiger partial charge is 0.254 e. The van der Waals surface area contributed by atoms with Gasteiger partial charge in [-0.15, -0.1) is 0 Å². The van der Waals surface area contributed by atoms with Crippen LogP contribution in [0, 0.1) is 11.7 Å². The predicted molar refractivity (Wildman–Crippen MR) is 83.3 cm³/mol. The largest absolute Gasteiger partial charge is 0.369 e. The van der Waals surface area contributed by atoms with E-state index in [-0.39, 0.29) is 17.1 Å². The molecule has 2 aromatic rings. The van der Waals surface area contributed by atoms with Crippen molar-refractivity contribution < 1.29 is 14.0 Å².